The molecule has 10 heteroatoms. The number of aliphatic hydroxyl groups excluding tert-OH is 2. The van der Waals surface area contributed by atoms with E-state index >= 15 is 0 Å². The summed E-state index contributed by atoms with van der Waals surface area (Å²) in [5.74, 6) is -0.223. The molecular weight excluding hydrogens is 458 g/mol. The molecule has 3 N–H and O–H groups in total. The van der Waals surface area contributed by atoms with Crippen LogP contribution in [0.25, 0.3) is 5.69 Å². The standard InChI is InChI=1S/C26H29N7O3/c34-19-25(35)14-29-26(36)13-20-7-9-24(10-8-20)33-18-23(30-31-33)17-32(15-21-5-1-3-11-27-21)16-22-6-2-4-12-28-22/h1-12,18,25,34-35H,13-17,19H2,(H,29,36). The Morgan fingerprint density at radius 3 is 2.14 bits per heavy atom. The van der Waals surface area contributed by atoms with Gasteiger partial charge in [-0.15, -0.1) is 5.10 Å². The number of aromatic nitrogens is 5. The van der Waals surface area contributed by atoms with Gasteiger partial charge in [0.25, 0.3) is 0 Å². The van der Waals surface area contributed by atoms with Crippen molar-refractivity contribution in [1.82, 2.24) is 35.2 Å². The van der Waals surface area contributed by atoms with Crippen molar-refractivity contribution in [3.8, 4) is 5.69 Å². The predicted octanol–water partition coefficient (Wildman–Crippen LogP) is 1.27. The van der Waals surface area contributed by atoms with Gasteiger partial charge in [-0.25, -0.2) is 4.68 Å². The molecule has 0 radical (unpaired) electrons. The van der Waals surface area contributed by atoms with Gasteiger partial charge in [0.15, 0.2) is 0 Å². The topological polar surface area (TPSA) is 129 Å². The Morgan fingerprint density at radius 1 is 0.917 bits per heavy atom. The number of rotatable bonds is 12. The third-order valence-electron chi connectivity index (χ3n) is 5.46. The predicted molar refractivity (Wildman–Crippen MR) is 133 cm³/mol. The third-order valence-corrected chi connectivity index (χ3v) is 5.46. The molecule has 1 aromatic carbocycles. The van der Waals surface area contributed by atoms with Crippen molar-refractivity contribution in [2.24, 2.45) is 0 Å². The lowest BCUT2D eigenvalue weighted by molar-refractivity contribution is -0.121. The number of benzene rings is 1. The molecule has 186 valence electrons. The number of carbonyl (C=O) groups excluding carboxylic acids is 1. The number of carbonyl (C=O) groups is 1. The average molecular weight is 488 g/mol. The Bertz CT molecular complexity index is 1180. The van der Waals surface area contributed by atoms with Crippen LogP contribution in [0.15, 0.2) is 79.3 Å². The van der Waals surface area contributed by atoms with Crippen molar-refractivity contribution in [2.75, 3.05) is 13.2 Å². The molecule has 0 fully saturated rings. The minimum Gasteiger partial charge on any atom is -0.394 e. The van der Waals surface area contributed by atoms with Crippen LogP contribution in [0.5, 0.6) is 0 Å². The van der Waals surface area contributed by atoms with Crippen molar-refractivity contribution in [1.29, 1.82) is 0 Å². The first-order valence-electron chi connectivity index (χ1n) is 11.7. The van der Waals surface area contributed by atoms with Crippen molar-refractivity contribution in [3.63, 3.8) is 0 Å². The fourth-order valence-corrected chi connectivity index (χ4v) is 3.65. The summed E-state index contributed by atoms with van der Waals surface area (Å²) < 4.78 is 1.70. The summed E-state index contributed by atoms with van der Waals surface area (Å²) in [5, 5.41) is 29.4. The monoisotopic (exact) mass is 487 g/mol. The molecule has 1 unspecified atom stereocenters. The van der Waals surface area contributed by atoms with E-state index < -0.39 is 6.10 Å². The Hall–Kier alpha value is -3.99. The average Bonchev–Trinajstić information content (AvgIpc) is 3.37. The van der Waals surface area contributed by atoms with Gasteiger partial charge in [-0.2, -0.15) is 0 Å². The summed E-state index contributed by atoms with van der Waals surface area (Å²) in [6.07, 6.45) is 4.69. The highest BCUT2D eigenvalue weighted by molar-refractivity contribution is 5.78. The lowest BCUT2D eigenvalue weighted by Crippen LogP contribution is -2.34. The molecule has 36 heavy (non-hydrogen) atoms. The van der Waals surface area contributed by atoms with Crippen LogP contribution in [0.4, 0.5) is 0 Å². The van der Waals surface area contributed by atoms with Crippen LogP contribution in [0.1, 0.15) is 22.6 Å². The van der Waals surface area contributed by atoms with Crippen molar-refractivity contribution in [3.05, 3.63) is 102 Å². The summed E-state index contributed by atoms with van der Waals surface area (Å²) in [7, 11) is 0. The molecule has 3 heterocycles. The van der Waals surface area contributed by atoms with Crippen LogP contribution in [0, 0.1) is 0 Å². The van der Waals surface area contributed by atoms with E-state index in [-0.39, 0.29) is 25.5 Å². The zero-order chi connectivity index (χ0) is 25.2. The SMILES string of the molecule is O=C(Cc1ccc(-n2cc(CN(Cc3ccccn3)Cc3ccccn3)nn2)cc1)NCC(O)CO. The summed E-state index contributed by atoms with van der Waals surface area (Å²) in [5.41, 5.74) is 4.40. The molecule has 0 saturated carbocycles. The molecule has 1 atom stereocenters. The van der Waals surface area contributed by atoms with E-state index in [2.05, 4.69) is 30.5 Å². The minimum atomic E-state index is -0.957. The third kappa shape index (κ3) is 7.51. The molecule has 0 spiro atoms. The van der Waals surface area contributed by atoms with E-state index in [1.54, 1.807) is 17.1 Å². The van der Waals surface area contributed by atoms with E-state index in [9.17, 15) is 9.90 Å². The Morgan fingerprint density at radius 2 is 1.56 bits per heavy atom. The van der Waals surface area contributed by atoms with Gasteiger partial charge < -0.3 is 15.5 Å². The van der Waals surface area contributed by atoms with Crippen LogP contribution in [0.2, 0.25) is 0 Å². The number of amides is 1. The van der Waals surface area contributed by atoms with Gasteiger partial charge in [0.1, 0.15) is 0 Å². The van der Waals surface area contributed by atoms with Gasteiger partial charge >= 0.3 is 0 Å². The zero-order valence-corrected chi connectivity index (χ0v) is 19.8. The molecule has 0 aliphatic carbocycles. The fourth-order valence-electron chi connectivity index (χ4n) is 3.65. The first kappa shape index (κ1) is 25.1. The second kappa shape index (κ2) is 12.6. The van der Waals surface area contributed by atoms with Gasteiger partial charge in [-0.05, 0) is 42.0 Å². The number of hydrogen-bond acceptors (Lipinski definition) is 8. The normalized spacial score (nSPS) is 12.0. The van der Waals surface area contributed by atoms with E-state index in [4.69, 9.17) is 5.11 Å². The number of aliphatic hydroxyl groups is 2. The number of nitrogens with one attached hydrogen (secondary N) is 1. The van der Waals surface area contributed by atoms with Crippen LogP contribution < -0.4 is 5.32 Å². The molecule has 10 nitrogen and oxygen atoms in total. The highest BCUT2D eigenvalue weighted by atomic mass is 16.3. The van der Waals surface area contributed by atoms with Crippen LogP contribution in [-0.2, 0) is 30.8 Å². The fraction of sp³-hybridized carbons (Fsp3) is 0.269. The summed E-state index contributed by atoms with van der Waals surface area (Å²) in [6, 6.07) is 19.2. The van der Waals surface area contributed by atoms with E-state index in [1.165, 1.54) is 0 Å². The highest BCUT2D eigenvalue weighted by Crippen LogP contribution is 2.14. The Labute approximate surface area is 209 Å². The summed E-state index contributed by atoms with van der Waals surface area (Å²) in [4.78, 5) is 23.1. The second-order valence-electron chi connectivity index (χ2n) is 8.43. The number of hydrogen-bond donors (Lipinski definition) is 3. The van der Waals surface area contributed by atoms with Crippen LogP contribution in [0.3, 0.4) is 0 Å². The molecular formula is C26H29N7O3. The quantitative estimate of drug-likeness (QED) is 0.273. The van der Waals surface area contributed by atoms with Crippen molar-refractivity contribution >= 4 is 5.91 Å². The van der Waals surface area contributed by atoms with E-state index in [1.807, 2.05) is 66.9 Å². The number of nitrogens with zero attached hydrogens (tertiary/aromatic N) is 6. The molecule has 4 aromatic rings. The van der Waals surface area contributed by atoms with Crippen molar-refractivity contribution < 1.29 is 15.0 Å². The molecule has 1 amide bonds. The maximum absolute atomic E-state index is 12.0. The van der Waals surface area contributed by atoms with Gasteiger partial charge in [0.2, 0.25) is 5.91 Å². The molecule has 3 aromatic heterocycles. The first-order chi connectivity index (χ1) is 17.6. The minimum absolute atomic E-state index is 0.0207. The van der Waals surface area contributed by atoms with Crippen LogP contribution >= 0.6 is 0 Å². The molecule has 0 bridgehead atoms. The molecule has 4 rings (SSSR count). The summed E-state index contributed by atoms with van der Waals surface area (Å²) in [6.45, 7) is 1.50. The first-order valence-corrected chi connectivity index (χ1v) is 11.7. The molecule has 0 aliphatic heterocycles. The van der Waals surface area contributed by atoms with Gasteiger partial charge in [0, 0.05) is 38.6 Å². The second-order valence-corrected chi connectivity index (χ2v) is 8.43. The van der Waals surface area contributed by atoms with Gasteiger partial charge in [-0.3, -0.25) is 19.7 Å². The number of pyridine rings is 2. The van der Waals surface area contributed by atoms with E-state index in [0.29, 0.717) is 19.6 Å². The molecule has 0 saturated heterocycles. The maximum Gasteiger partial charge on any atom is 0.224 e. The van der Waals surface area contributed by atoms with Crippen LogP contribution in [-0.4, -0.2) is 65.2 Å². The molecule has 0 aliphatic rings. The zero-order valence-electron chi connectivity index (χ0n) is 19.8. The van der Waals surface area contributed by atoms with E-state index in [0.717, 1.165) is 28.3 Å². The Balaban J connectivity index is 1.39. The lowest BCUT2D eigenvalue weighted by Gasteiger charge is -2.20. The smallest absolute Gasteiger partial charge is 0.224 e. The highest BCUT2D eigenvalue weighted by Gasteiger charge is 2.13. The van der Waals surface area contributed by atoms with Crippen molar-refractivity contribution in [2.45, 2.75) is 32.2 Å². The Kier molecular flexibility index (Phi) is 8.82. The van der Waals surface area contributed by atoms with Gasteiger partial charge in [-0.1, -0.05) is 29.5 Å². The summed E-state index contributed by atoms with van der Waals surface area (Å²) >= 11 is 0. The largest absolute Gasteiger partial charge is 0.394 e. The maximum atomic E-state index is 12.0. The van der Waals surface area contributed by atoms with Gasteiger partial charge in [0.05, 0.1) is 48.1 Å². The lowest BCUT2D eigenvalue weighted by atomic mass is 10.1.